The van der Waals surface area contributed by atoms with Crippen LogP contribution in [0.15, 0.2) is 42.5 Å². The van der Waals surface area contributed by atoms with Crippen molar-refractivity contribution in [1.29, 1.82) is 0 Å². The number of rotatable bonds is 8. The van der Waals surface area contributed by atoms with Crippen LogP contribution in [-0.2, 0) is 6.42 Å². The summed E-state index contributed by atoms with van der Waals surface area (Å²) < 4.78 is 0. The molecule has 2 N–H and O–H groups in total. The van der Waals surface area contributed by atoms with Gasteiger partial charge in [-0.1, -0.05) is 45.4 Å². The number of hydrogen-bond acceptors (Lipinski definition) is 2. The minimum atomic E-state index is 0.937. The zero-order valence-corrected chi connectivity index (χ0v) is 19.4. The van der Waals surface area contributed by atoms with E-state index in [0.29, 0.717) is 0 Å². The first-order valence-corrected chi connectivity index (χ1v) is 12.3. The summed E-state index contributed by atoms with van der Waals surface area (Å²) >= 11 is 0. The molecule has 8 bridgehead atoms. The van der Waals surface area contributed by atoms with E-state index in [9.17, 15) is 0 Å². The van der Waals surface area contributed by atoms with Crippen molar-refractivity contribution in [3.63, 3.8) is 0 Å². The van der Waals surface area contributed by atoms with Crippen molar-refractivity contribution in [2.45, 2.75) is 58.3 Å². The molecule has 0 amide bonds. The maximum absolute atomic E-state index is 4.96. The number of nitrogens with zero attached hydrogens (tertiary/aromatic N) is 2. The molecule has 168 valence electrons. The van der Waals surface area contributed by atoms with Gasteiger partial charge in [0.2, 0.25) is 0 Å². The zero-order valence-electron chi connectivity index (χ0n) is 19.4. The largest absolute Gasteiger partial charge is 0.355 e. The van der Waals surface area contributed by atoms with E-state index in [-0.39, 0.29) is 0 Å². The zero-order chi connectivity index (χ0) is 22.5. The summed E-state index contributed by atoms with van der Waals surface area (Å²) in [7, 11) is 0. The number of nitrogens with one attached hydrogen (secondary N) is 2. The van der Waals surface area contributed by atoms with Gasteiger partial charge in [0.05, 0.1) is 22.8 Å². The van der Waals surface area contributed by atoms with Crippen molar-refractivity contribution >= 4 is 46.4 Å². The number of aromatic nitrogens is 4. The molecule has 4 nitrogen and oxygen atoms in total. The molecule has 2 aliphatic heterocycles. The Labute approximate surface area is 195 Å². The quantitative estimate of drug-likeness (QED) is 0.242. The fourth-order valence-electron chi connectivity index (χ4n) is 4.59. The maximum Gasteiger partial charge on any atom is 0.0690 e. The van der Waals surface area contributed by atoms with Gasteiger partial charge in [-0.15, -0.1) is 0 Å². The summed E-state index contributed by atoms with van der Waals surface area (Å²) in [4.78, 5) is 16.8. The summed E-state index contributed by atoms with van der Waals surface area (Å²) in [5.74, 6) is 0. The lowest BCUT2D eigenvalue weighted by atomic mass is 10.0. The molecule has 0 saturated carbocycles. The number of hydrogen-bond donors (Lipinski definition) is 2. The van der Waals surface area contributed by atoms with Crippen LogP contribution in [0.5, 0.6) is 0 Å². The van der Waals surface area contributed by atoms with Crippen molar-refractivity contribution in [3.8, 4) is 0 Å². The minimum absolute atomic E-state index is 0.937. The van der Waals surface area contributed by atoms with Crippen LogP contribution in [0.1, 0.15) is 80.2 Å². The number of aryl methyl sites for hydroxylation is 1. The molecule has 33 heavy (non-hydrogen) atoms. The number of aromatic amines is 2. The summed E-state index contributed by atoms with van der Waals surface area (Å²) in [5.41, 5.74) is 9.57. The van der Waals surface area contributed by atoms with Crippen molar-refractivity contribution in [2.75, 3.05) is 0 Å². The standard InChI is InChI=1S/C29H32N4/c1-2-3-4-5-6-7-8-9-27-28-16-14-25(32-28)19-23-12-10-21(30-23)18-22-11-13-24(31-22)20-26-15-17-29(27)33-26/h10-20,30,32H,2-9H2,1H3. The van der Waals surface area contributed by atoms with Gasteiger partial charge in [0.1, 0.15) is 0 Å². The normalized spacial score (nSPS) is 12.5. The average molecular weight is 437 g/mol. The predicted molar refractivity (Wildman–Crippen MR) is 141 cm³/mol. The first-order chi connectivity index (χ1) is 16.3. The van der Waals surface area contributed by atoms with Gasteiger partial charge in [-0.05, 0) is 79.6 Å². The van der Waals surface area contributed by atoms with Gasteiger partial charge < -0.3 is 9.97 Å². The highest BCUT2D eigenvalue weighted by Crippen LogP contribution is 2.23. The smallest absolute Gasteiger partial charge is 0.0690 e. The molecular weight excluding hydrogens is 404 g/mol. The van der Waals surface area contributed by atoms with Gasteiger partial charge in [-0.3, -0.25) is 0 Å². The molecule has 0 aromatic carbocycles. The van der Waals surface area contributed by atoms with Crippen LogP contribution in [0, 0.1) is 0 Å². The number of H-pyrrole nitrogens is 2. The van der Waals surface area contributed by atoms with Crippen LogP contribution < -0.4 is 0 Å². The van der Waals surface area contributed by atoms with Crippen molar-refractivity contribution in [2.24, 2.45) is 0 Å². The van der Waals surface area contributed by atoms with Gasteiger partial charge in [-0.25, -0.2) is 9.97 Å². The van der Waals surface area contributed by atoms with Gasteiger partial charge in [0.15, 0.2) is 0 Å². The van der Waals surface area contributed by atoms with Crippen molar-refractivity contribution in [1.82, 2.24) is 19.9 Å². The first kappa shape index (κ1) is 21.4. The van der Waals surface area contributed by atoms with Crippen LogP contribution in [0.3, 0.4) is 0 Å². The van der Waals surface area contributed by atoms with Gasteiger partial charge >= 0.3 is 0 Å². The Morgan fingerprint density at radius 2 is 1.24 bits per heavy atom. The van der Waals surface area contributed by atoms with Gasteiger partial charge in [0, 0.05) is 27.6 Å². The second-order valence-corrected chi connectivity index (χ2v) is 9.03. The van der Waals surface area contributed by atoms with E-state index in [0.717, 1.165) is 51.3 Å². The van der Waals surface area contributed by atoms with Crippen LogP contribution >= 0.6 is 0 Å². The third kappa shape index (κ3) is 5.33. The third-order valence-corrected chi connectivity index (χ3v) is 6.36. The van der Waals surface area contributed by atoms with Crippen molar-refractivity contribution < 1.29 is 0 Å². The van der Waals surface area contributed by atoms with E-state index in [1.807, 2.05) is 12.2 Å². The third-order valence-electron chi connectivity index (χ3n) is 6.36. The molecule has 0 spiro atoms. The highest BCUT2D eigenvalue weighted by Gasteiger charge is 2.09. The van der Waals surface area contributed by atoms with E-state index in [4.69, 9.17) is 9.97 Å². The molecule has 4 heteroatoms. The topological polar surface area (TPSA) is 57.4 Å². The SMILES string of the molecule is CCCCCCCCCc1c2nc(cc3nc(cc4ccc(cc5ccc1[nH]5)[nH]4)C=C3)C=C2. The Bertz CT molecular complexity index is 1340. The molecular formula is C29H32N4. The van der Waals surface area contributed by atoms with Crippen LogP contribution in [0.2, 0.25) is 0 Å². The second-order valence-electron chi connectivity index (χ2n) is 9.03. The number of fused-ring (bicyclic) bond motifs is 8. The van der Waals surface area contributed by atoms with Crippen molar-refractivity contribution in [3.05, 3.63) is 70.8 Å². The van der Waals surface area contributed by atoms with E-state index in [2.05, 4.69) is 71.5 Å². The maximum atomic E-state index is 4.96. The van der Waals surface area contributed by atoms with Gasteiger partial charge in [0.25, 0.3) is 0 Å². The summed E-state index contributed by atoms with van der Waals surface area (Å²) in [6, 6.07) is 14.8. The van der Waals surface area contributed by atoms with E-state index in [1.165, 1.54) is 50.5 Å². The molecule has 0 saturated heterocycles. The van der Waals surface area contributed by atoms with E-state index >= 15 is 0 Å². The van der Waals surface area contributed by atoms with Crippen LogP contribution in [-0.4, -0.2) is 19.9 Å². The Kier molecular flexibility index (Phi) is 6.52. The predicted octanol–water partition coefficient (Wildman–Crippen LogP) is 7.95. The molecule has 0 unspecified atom stereocenters. The average Bonchev–Trinajstić information content (AvgIpc) is 3.60. The lowest BCUT2D eigenvalue weighted by Gasteiger charge is -2.04. The highest BCUT2D eigenvalue weighted by atomic mass is 14.8. The molecule has 5 heterocycles. The number of unbranched alkanes of at least 4 members (excludes halogenated alkanes) is 6. The first-order valence-electron chi connectivity index (χ1n) is 12.3. The molecule has 3 aromatic rings. The fraction of sp³-hybridized carbons (Fsp3) is 0.310. The molecule has 0 atom stereocenters. The molecule has 0 radical (unpaired) electrons. The molecule has 5 rings (SSSR count). The van der Waals surface area contributed by atoms with Crippen LogP contribution in [0.4, 0.5) is 0 Å². The molecule has 0 fully saturated rings. The Hall–Kier alpha value is -3.40. The highest BCUT2D eigenvalue weighted by molar-refractivity contribution is 5.79. The van der Waals surface area contributed by atoms with Gasteiger partial charge in [-0.2, -0.15) is 0 Å². The fourth-order valence-corrected chi connectivity index (χ4v) is 4.59. The van der Waals surface area contributed by atoms with E-state index in [1.54, 1.807) is 0 Å². The second kappa shape index (κ2) is 10.0. The lowest BCUT2D eigenvalue weighted by Crippen LogP contribution is -1.92. The summed E-state index contributed by atoms with van der Waals surface area (Å²) in [6.07, 6.45) is 18.5. The Balaban J connectivity index is 1.54. The molecule has 0 aliphatic carbocycles. The summed E-state index contributed by atoms with van der Waals surface area (Å²) in [5, 5.41) is 0. The minimum Gasteiger partial charge on any atom is -0.355 e. The van der Waals surface area contributed by atoms with Crippen LogP contribution in [0.25, 0.3) is 46.4 Å². The Morgan fingerprint density at radius 3 is 2.09 bits per heavy atom. The molecule has 2 aliphatic rings. The Morgan fingerprint density at radius 1 is 0.606 bits per heavy atom. The lowest BCUT2D eigenvalue weighted by molar-refractivity contribution is 0.589. The van der Waals surface area contributed by atoms with E-state index < -0.39 is 0 Å². The molecule has 3 aromatic heterocycles. The monoisotopic (exact) mass is 436 g/mol. The summed E-state index contributed by atoms with van der Waals surface area (Å²) in [6.45, 7) is 2.27.